The molecule has 202 valence electrons. The molecule has 2 aromatic carbocycles. The lowest BCUT2D eigenvalue weighted by molar-refractivity contribution is -0.141. The van der Waals surface area contributed by atoms with Crippen molar-refractivity contribution in [3.63, 3.8) is 0 Å². The fourth-order valence-corrected chi connectivity index (χ4v) is 3.97. The molecule has 0 radical (unpaired) electrons. The van der Waals surface area contributed by atoms with Crippen molar-refractivity contribution >= 4 is 28.9 Å². The number of unbranched alkanes of at least 4 members (excludes halogenated alkanes) is 1. The van der Waals surface area contributed by atoms with Gasteiger partial charge in [0, 0.05) is 13.1 Å². The van der Waals surface area contributed by atoms with E-state index in [1.165, 1.54) is 11.2 Å². The van der Waals surface area contributed by atoms with Gasteiger partial charge in [-0.2, -0.15) is 0 Å². The van der Waals surface area contributed by atoms with Crippen molar-refractivity contribution in [3.05, 3.63) is 81.7 Å². The molecule has 0 aliphatic rings. The van der Waals surface area contributed by atoms with Gasteiger partial charge in [-0.15, -0.1) is 0 Å². The summed E-state index contributed by atoms with van der Waals surface area (Å²) in [6, 6.07) is 14.3. The summed E-state index contributed by atoms with van der Waals surface area (Å²) in [5, 5.41) is 2.99. The lowest BCUT2D eigenvalue weighted by Gasteiger charge is -2.28. The summed E-state index contributed by atoms with van der Waals surface area (Å²) in [4.78, 5) is 54.3. The molecule has 3 aromatic rings. The van der Waals surface area contributed by atoms with Crippen molar-refractivity contribution < 1.29 is 23.5 Å². The predicted octanol–water partition coefficient (Wildman–Crippen LogP) is 4.01. The molecule has 0 saturated heterocycles. The highest BCUT2D eigenvalue weighted by Crippen LogP contribution is 2.16. The van der Waals surface area contributed by atoms with Crippen molar-refractivity contribution in [2.24, 2.45) is 0 Å². The second-order valence-electron chi connectivity index (χ2n) is 9.06. The van der Waals surface area contributed by atoms with Crippen molar-refractivity contribution in [2.45, 2.75) is 46.7 Å². The van der Waals surface area contributed by atoms with Crippen LogP contribution in [0, 0.1) is 6.92 Å². The van der Waals surface area contributed by atoms with E-state index in [0.717, 1.165) is 17.5 Å². The molecular weight excluding hydrogens is 486 g/mol. The topological polar surface area (TPSA) is 109 Å². The van der Waals surface area contributed by atoms with Crippen LogP contribution in [0.4, 0.5) is 4.79 Å². The Morgan fingerprint density at radius 3 is 2.47 bits per heavy atom. The molecule has 9 nitrogen and oxygen atoms in total. The SMILES string of the molecule is CCCCN(CC(=O)N(Cc1ccccc1)Cc1coc2ccc(C)cc2c1=O)C(=O)NCC(=O)OCC. The molecule has 0 bridgehead atoms. The molecule has 0 fully saturated rings. The number of aryl methyl sites for hydroxylation is 1. The van der Waals surface area contributed by atoms with Gasteiger partial charge >= 0.3 is 12.0 Å². The van der Waals surface area contributed by atoms with Gasteiger partial charge < -0.3 is 24.3 Å². The van der Waals surface area contributed by atoms with Crippen LogP contribution in [-0.2, 0) is 27.4 Å². The average Bonchev–Trinajstić information content (AvgIpc) is 2.91. The minimum Gasteiger partial charge on any atom is -0.465 e. The molecule has 1 N–H and O–H groups in total. The fraction of sp³-hybridized carbons (Fsp3) is 0.379. The third-order valence-electron chi connectivity index (χ3n) is 6.01. The number of rotatable bonds is 12. The summed E-state index contributed by atoms with van der Waals surface area (Å²) in [5.41, 5.74) is 2.44. The van der Waals surface area contributed by atoms with Crippen LogP contribution in [0.5, 0.6) is 0 Å². The molecule has 0 atom stereocenters. The fourth-order valence-electron chi connectivity index (χ4n) is 3.97. The summed E-state index contributed by atoms with van der Waals surface area (Å²) >= 11 is 0. The van der Waals surface area contributed by atoms with E-state index >= 15 is 0 Å². The second-order valence-corrected chi connectivity index (χ2v) is 9.06. The summed E-state index contributed by atoms with van der Waals surface area (Å²) in [7, 11) is 0. The lowest BCUT2D eigenvalue weighted by atomic mass is 10.1. The number of amides is 3. The first kappa shape index (κ1) is 28.4. The lowest BCUT2D eigenvalue weighted by Crippen LogP contribution is -2.48. The highest BCUT2D eigenvalue weighted by molar-refractivity contribution is 5.86. The normalized spacial score (nSPS) is 10.7. The summed E-state index contributed by atoms with van der Waals surface area (Å²) < 4.78 is 10.6. The number of hydrogen-bond acceptors (Lipinski definition) is 6. The van der Waals surface area contributed by atoms with Gasteiger partial charge in [-0.3, -0.25) is 14.4 Å². The van der Waals surface area contributed by atoms with Crippen LogP contribution < -0.4 is 10.7 Å². The molecule has 0 saturated carbocycles. The Morgan fingerprint density at radius 2 is 1.76 bits per heavy atom. The van der Waals surface area contributed by atoms with E-state index in [1.54, 1.807) is 24.0 Å². The first-order valence-electron chi connectivity index (χ1n) is 12.8. The largest absolute Gasteiger partial charge is 0.465 e. The van der Waals surface area contributed by atoms with Crippen LogP contribution in [0.2, 0.25) is 0 Å². The maximum atomic E-state index is 13.6. The zero-order valence-electron chi connectivity index (χ0n) is 22.2. The Morgan fingerprint density at radius 1 is 1.00 bits per heavy atom. The van der Waals surface area contributed by atoms with Gasteiger partial charge in [0.25, 0.3) is 0 Å². The van der Waals surface area contributed by atoms with Gasteiger partial charge in [0.2, 0.25) is 5.91 Å². The van der Waals surface area contributed by atoms with Gasteiger partial charge in [0.05, 0.1) is 30.4 Å². The molecule has 3 rings (SSSR count). The number of nitrogens with zero attached hydrogens (tertiary/aromatic N) is 2. The van der Waals surface area contributed by atoms with E-state index in [1.807, 2.05) is 50.2 Å². The zero-order valence-corrected chi connectivity index (χ0v) is 22.2. The first-order chi connectivity index (χ1) is 18.3. The van der Waals surface area contributed by atoms with Gasteiger partial charge in [-0.1, -0.05) is 55.3 Å². The quantitative estimate of drug-likeness (QED) is 0.361. The van der Waals surface area contributed by atoms with Crippen LogP contribution in [0.15, 0.2) is 64.0 Å². The van der Waals surface area contributed by atoms with Crippen LogP contribution in [0.1, 0.15) is 43.4 Å². The molecule has 0 aliphatic heterocycles. The highest BCUT2D eigenvalue weighted by Gasteiger charge is 2.23. The van der Waals surface area contributed by atoms with Crippen LogP contribution >= 0.6 is 0 Å². The molecule has 3 amide bonds. The first-order valence-corrected chi connectivity index (χ1v) is 12.8. The Bertz CT molecular complexity index is 1300. The number of benzene rings is 2. The number of esters is 1. The molecule has 1 aromatic heterocycles. The molecule has 9 heteroatoms. The van der Waals surface area contributed by atoms with Gasteiger partial charge in [-0.05, 0) is 38.0 Å². The molecule has 0 spiro atoms. The van der Waals surface area contributed by atoms with Crippen molar-refractivity contribution in [1.29, 1.82) is 0 Å². The summed E-state index contributed by atoms with van der Waals surface area (Å²) in [6.07, 6.45) is 2.90. The number of fused-ring (bicyclic) bond motifs is 1. The molecule has 1 heterocycles. The number of nitrogens with one attached hydrogen (secondary N) is 1. The summed E-state index contributed by atoms with van der Waals surface area (Å²) in [5.74, 6) is -0.883. The van der Waals surface area contributed by atoms with Crippen molar-refractivity contribution in [1.82, 2.24) is 15.1 Å². The van der Waals surface area contributed by atoms with Crippen LogP contribution in [0.25, 0.3) is 11.0 Å². The predicted molar refractivity (Wildman–Crippen MR) is 144 cm³/mol. The Balaban J connectivity index is 1.84. The van der Waals surface area contributed by atoms with Crippen LogP contribution in [-0.4, -0.2) is 53.9 Å². The standard InChI is InChI=1S/C29H35N3O6/c1-4-6-14-31(29(36)30-16-27(34)37-5-2)19-26(33)32(17-22-10-8-7-9-11-22)18-23-20-38-25-13-12-21(3)15-24(25)28(23)35/h7-13,15,20H,4-6,14,16-19H2,1-3H3,(H,30,36). The molecular formula is C29H35N3O6. The minimum absolute atomic E-state index is 0.0198. The maximum absolute atomic E-state index is 13.6. The Kier molecular flexibility index (Phi) is 10.5. The van der Waals surface area contributed by atoms with Crippen LogP contribution in [0.3, 0.4) is 0 Å². The van der Waals surface area contributed by atoms with E-state index in [0.29, 0.717) is 29.5 Å². The number of urea groups is 1. The smallest absolute Gasteiger partial charge is 0.325 e. The average molecular weight is 522 g/mol. The van der Waals surface area contributed by atoms with E-state index in [2.05, 4.69) is 5.32 Å². The zero-order chi connectivity index (χ0) is 27.5. The number of carbonyl (C=O) groups excluding carboxylic acids is 3. The second kappa shape index (κ2) is 14.0. The molecule has 38 heavy (non-hydrogen) atoms. The third kappa shape index (κ3) is 7.93. The van der Waals surface area contributed by atoms with Gasteiger partial charge in [0.15, 0.2) is 5.43 Å². The number of ether oxygens (including phenoxy) is 1. The highest BCUT2D eigenvalue weighted by atomic mass is 16.5. The van der Waals surface area contributed by atoms with E-state index in [4.69, 9.17) is 9.15 Å². The van der Waals surface area contributed by atoms with E-state index in [9.17, 15) is 19.2 Å². The van der Waals surface area contributed by atoms with Gasteiger partial charge in [0.1, 0.15) is 18.7 Å². The van der Waals surface area contributed by atoms with Gasteiger partial charge in [-0.25, -0.2) is 4.79 Å². The van der Waals surface area contributed by atoms with E-state index < -0.39 is 12.0 Å². The Hall–Kier alpha value is -4.14. The monoisotopic (exact) mass is 521 g/mol. The van der Waals surface area contributed by atoms with Crippen molar-refractivity contribution in [2.75, 3.05) is 26.2 Å². The Labute approximate surface area is 222 Å². The number of hydrogen-bond donors (Lipinski definition) is 1. The minimum atomic E-state index is -0.549. The number of carbonyl (C=O) groups is 3. The van der Waals surface area contributed by atoms with E-state index in [-0.39, 0.29) is 44.1 Å². The molecule has 0 unspecified atom stereocenters. The van der Waals surface area contributed by atoms with Crippen molar-refractivity contribution in [3.8, 4) is 0 Å². The summed E-state index contributed by atoms with van der Waals surface area (Å²) in [6.45, 7) is 5.90. The maximum Gasteiger partial charge on any atom is 0.325 e. The molecule has 0 aliphatic carbocycles. The third-order valence-corrected chi connectivity index (χ3v) is 6.01.